The summed E-state index contributed by atoms with van der Waals surface area (Å²) < 4.78 is 32.5. The molecule has 0 atom stereocenters. The van der Waals surface area contributed by atoms with E-state index in [1.165, 1.54) is 0 Å². The number of hydrogen-bond acceptors (Lipinski definition) is 7. The lowest BCUT2D eigenvalue weighted by Crippen LogP contribution is -2.00. The Kier molecular flexibility index (Phi) is 3.88. The fraction of sp³-hybridized carbons (Fsp3) is 0.133. The molecule has 0 saturated heterocycles. The zero-order valence-electron chi connectivity index (χ0n) is 12.8. The van der Waals surface area contributed by atoms with E-state index >= 15 is 0 Å². The van der Waals surface area contributed by atoms with Gasteiger partial charge in [0.05, 0.1) is 0 Å². The van der Waals surface area contributed by atoms with Crippen LogP contribution in [0.3, 0.4) is 0 Å². The standard InChI is InChI=1S/C15H10F2N6OS/c1-8-4-2-3-5-9(8)14-20-21-15(24-14)25-11-7-6-10-18-19-13(12(16)17)23(10)22-11/h2-7,12H,1H3. The van der Waals surface area contributed by atoms with E-state index in [4.69, 9.17) is 4.42 Å². The lowest BCUT2D eigenvalue weighted by molar-refractivity contribution is 0.137. The average Bonchev–Trinajstić information content (AvgIpc) is 3.22. The number of aromatic nitrogens is 6. The Morgan fingerprint density at radius 3 is 2.68 bits per heavy atom. The molecule has 7 nitrogen and oxygen atoms in total. The van der Waals surface area contributed by atoms with Gasteiger partial charge in [0.1, 0.15) is 5.03 Å². The molecule has 1 aromatic carbocycles. The van der Waals surface area contributed by atoms with Crippen molar-refractivity contribution in [2.45, 2.75) is 23.6 Å². The van der Waals surface area contributed by atoms with Gasteiger partial charge in [-0.2, -0.15) is 9.61 Å². The highest BCUT2D eigenvalue weighted by atomic mass is 32.2. The summed E-state index contributed by atoms with van der Waals surface area (Å²) in [5, 5.41) is 19.9. The van der Waals surface area contributed by atoms with Crippen molar-refractivity contribution in [3.63, 3.8) is 0 Å². The maximum absolute atomic E-state index is 12.9. The number of benzene rings is 1. The summed E-state index contributed by atoms with van der Waals surface area (Å²) >= 11 is 1.07. The second kappa shape index (κ2) is 6.20. The first-order chi connectivity index (χ1) is 12.1. The van der Waals surface area contributed by atoms with Crippen LogP contribution in [0.5, 0.6) is 0 Å². The van der Waals surface area contributed by atoms with Crippen molar-refractivity contribution in [3.05, 3.63) is 47.8 Å². The van der Waals surface area contributed by atoms with Crippen LogP contribution in [0.25, 0.3) is 17.1 Å². The Morgan fingerprint density at radius 2 is 1.88 bits per heavy atom. The monoisotopic (exact) mass is 360 g/mol. The quantitative estimate of drug-likeness (QED) is 0.550. The van der Waals surface area contributed by atoms with E-state index in [-0.39, 0.29) is 10.9 Å². The SMILES string of the molecule is Cc1ccccc1-c1nnc(Sc2ccc3nnc(C(F)F)n3n2)o1. The number of nitrogens with zero attached hydrogens (tertiary/aromatic N) is 6. The maximum atomic E-state index is 12.9. The topological polar surface area (TPSA) is 82.0 Å². The summed E-state index contributed by atoms with van der Waals surface area (Å²) in [5.74, 6) is -0.122. The molecule has 0 saturated carbocycles. The Morgan fingerprint density at radius 1 is 1.04 bits per heavy atom. The van der Waals surface area contributed by atoms with Gasteiger partial charge < -0.3 is 4.42 Å². The molecule has 0 unspecified atom stereocenters. The van der Waals surface area contributed by atoms with Crippen molar-refractivity contribution in [2.75, 3.05) is 0 Å². The highest BCUT2D eigenvalue weighted by Crippen LogP contribution is 2.29. The van der Waals surface area contributed by atoms with Crippen LogP contribution in [0.15, 0.2) is 51.1 Å². The zero-order valence-corrected chi connectivity index (χ0v) is 13.6. The minimum absolute atomic E-state index is 0.241. The smallest absolute Gasteiger partial charge is 0.299 e. The lowest BCUT2D eigenvalue weighted by atomic mass is 10.1. The molecule has 3 aromatic heterocycles. The van der Waals surface area contributed by atoms with Crippen LogP contribution in [0.4, 0.5) is 8.78 Å². The van der Waals surface area contributed by atoms with Crippen molar-refractivity contribution in [1.82, 2.24) is 30.0 Å². The van der Waals surface area contributed by atoms with E-state index in [1.807, 2.05) is 31.2 Å². The van der Waals surface area contributed by atoms with Crippen LogP contribution in [-0.2, 0) is 0 Å². The van der Waals surface area contributed by atoms with Gasteiger partial charge in [-0.05, 0) is 42.4 Å². The van der Waals surface area contributed by atoms with E-state index in [9.17, 15) is 8.78 Å². The second-order valence-electron chi connectivity index (χ2n) is 5.09. The predicted molar refractivity (Wildman–Crippen MR) is 84.3 cm³/mol. The van der Waals surface area contributed by atoms with Crippen molar-refractivity contribution < 1.29 is 13.2 Å². The number of hydrogen-bond donors (Lipinski definition) is 0. The fourth-order valence-corrected chi connectivity index (χ4v) is 2.88. The highest BCUT2D eigenvalue weighted by molar-refractivity contribution is 7.99. The number of alkyl halides is 2. The van der Waals surface area contributed by atoms with Gasteiger partial charge in [-0.1, -0.05) is 18.2 Å². The van der Waals surface area contributed by atoms with Gasteiger partial charge in [-0.25, -0.2) is 8.78 Å². The summed E-state index contributed by atoms with van der Waals surface area (Å²) in [7, 11) is 0. The van der Waals surface area contributed by atoms with Gasteiger partial charge in [0.15, 0.2) is 5.65 Å². The minimum atomic E-state index is -2.76. The van der Waals surface area contributed by atoms with Crippen LogP contribution >= 0.6 is 11.8 Å². The summed E-state index contributed by atoms with van der Waals surface area (Å²) in [6.45, 7) is 1.94. The molecule has 0 aliphatic carbocycles. The maximum Gasteiger partial charge on any atom is 0.299 e. The molecule has 0 N–H and O–H groups in total. The number of halogens is 2. The molecule has 0 bridgehead atoms. The Balaban J connectivity index is 1.64. The van der Waals surface area contributed by atoms with E-state index in [1.54, 1.807) is 12.1 Å². The molecule has 0 amide bonds. The number of aryl methyl sites for hydroxylation is 1. The Bertz CT molecular complexity index is 1050. The largest absolute Gasteiger partial charge is 0.411 e. The second-order valence-corrected chi connectivity index (χ2v) is 6.06. The van der Waals surface area contributed by atoms with E-state index in [0.717, 1.165) is 27.4 Å². The lowest BCUT2D eigenvalue weighted by Gasteiger charge is -2.00. The molecule has 0 spiro atoms. The van der Waals surface area contributed by atoms with E-state index in [0.29, 0.717) is 10.9 Å². The molecule has 0 aliphatic rings. The Labute approximate surface area is 144 Å². The van der Waals surface area contributed by atoms with Gasteiger partial charge in [-0.3, -0.25) is 0 Å². The molecule has 25 heavy (non-hydrogen) atoms. The molecular weight excluding hydrogens is 350 g/mol. The van der Waals surface area contributed by atoms with Crippen LogP contribution < -0.4 is 0 Å². The van der Waals surface area contributed by atoms with Gasteiger partial charge in [0.2, 0.25) is 11.7 Å². The highest BCUT2D eigenvalue weighted by Gasteiger charge is 2.18. The van der Waals surface area contributed by atoms with Gasteiger partial charge >= 0.3 is 0 Å². The molecule has 4 aromatic rings. The summed E-state index contributed by atoms with van der Waals surface area (Å²) in [6, 6.07) is 10.8. The third kappa shape index (κ3) is 2.95. The summed E-state index contributed by atoms with van der Waals surface area (Å²) in [6.07, 6.45) is -2.76. The average molecular weight is 360 g/mol. The first-order valence-corrected chi connectivity index (χ1v) is 8.01. The van der Waals surface area contributed by atoms with Crippen molar-refractivity contribution in [1.29, 1.82) is 0 Å². The van der Waals surface area contributed by atoms with Crippen LogP contribution in [0.2, 0.25) is 0 Å². The molecule has 3 heterocycles. The predicted octanol–water partition coefficient (Wildman–Crippen LogP) is 3.57. The molecule has 4 rings (SSSR count). The number of fused-ring (bicyclic) bond motifs is 1. The van der Waals surface area contributed by atoms with Crippen molar-refractivity contribution in [2.24, 2.45) is 0 Å². The third-order valence-corrected chi connectivity index (χ3v) is 4.20. The van der Waals surface area contributed by atoms with E-state index < -0.39 is 12.2 Å². The summed E-state index contributed by atoms with van der Waals surface area (Å²) in [5.41, 5.74) is 2.09. The van der Waals surface area contributed by atoms with Gasteiger partial charge in [-0.15, -0.1) is 20.4 Å². The molecule has 10 heteroatoms. The molecular formula is C15H10F2N6OS. The molecule has 0 aliphatic heterocycles. The first kappa shape index (κ1) is 15.6. The fourth-order valence-electron chi connectivity index (χ4n) is 2.24. The van der Waals surface area contributed by atoms with Gasteiger partial charge in [0, 0.05) is 5.56 Å². The third-order valence-electron chi connectivity index (χ3n) is 3.43. The van der Waals surface area contributed by atoms with Gasteiger partial charge in [0.25, 0.3) is 11.6 Å². The van der Waals surface area contributed by atoms with Crippen LogP contribution in [0, 0.1) is 6.92 Å². The minimum Gasteiger partial charge on any atom is -0.411 e. The van der Waals surface area contributed by atoms with Crippen LogP contribution in [0.1, 0.15) is 17.8 Å². The number of rotatable bonds is 4. The van der Waals surface area contributed by atoms with Crippen LogP contribution in [-0.4, -0.2) is 30.0 Å². The molecule has 0 fully saturated rings. The van der Waals surface area contributed by atoms with E-state index in [2.05, 4.69) is 25.5 Å². The molecule has 126 valence electrons. The Hall–Kier alpha value is -2.88. The normalized spacial score (nSPS) is 11.5. The first-order valence-electron chi connectivity index (χ1n) is 7.19. The summed E-state index contributed by atoms with van der Waals surface area (Å²) in [4.78, 5) is 0. The van der Waals surface area contributed by atoms with Crippen molar-refractivity contribution in [3.8, 4) is 11.5 Å². The molecule has 0 radical (unpaired) electrons. The zero-order chi connectivity index (χ0) is 17.4. The van der Waals surface area contributed by atoms with Crippen molar-refractivity contribution >= 4 is 17.4 Å².